The van der Waals surface area contributed by atoms with Crippen molar-refractivity contribution >= 4 is 44.8 Å². The molecular weight excluding hydrogens is 371 g/mol. The van der Waals surface area contributed by atoms with Gasteiger partial charge in [0.25, 0.3) is 0 Å². The number of carbonyl (C=O) groups excluding carboxylic acids is 1. The fraction of sp³-hybridized carbons (Fsp3) is 0.562. The maximum atomic E-state index is 12.3. The highest BCUT2D eigenvalue weighted by molar-refractivity contribution is 7.92. The highest BCUT2D eigenvalue weighted by Gasteiger charge is 2.23. The van der Waals surface area contributed by atoms with E-state index in [0.29, 0.717) is 10.7 Å². The average molecular weight is 393 g/mol. The van der Waals surface area contributed by atoms with E-state index in [1.165, 1.54) is 31.0 Å². The van der Waals surface area contributed by atoms with Crippen molar-refractivity contribution in [1.29, 1.82) is 0 Å². The number of hydrogen-bond donors (Lipinski definition) is 1. The van der Waals surface area contributed by atoms with Gasteiger partial charge in [0.1, 0.15) is 6.54 Å². The molecule has 1 fully saturated rings. The van der Waals surface area contributed by atoms with Crippen molar-refractivity contribution < 1.29 is 13.2 Å². The molecule has 0 saturated heterocycles. The summed E-state index contributed by atoms with van der Waals surface area (Å²) in [6.45, 7) is -0.271. The third-order valence-electron chi connectivity index (χ3n) is 4.10. The molecule has 1 aromatic carbocycles. The highest BCUT2D eigenvalue weighted by atomic mass is 35.5. The molecule has 5 nitrogen and oxygen atoms in total. The van der Waals surface area contributed by atoms with Crippen LogP contribution in [0.1, 0.15) is 38.5 Å². The molecule has 0 atom stereocenters. The number of anilines is 1. The minimum atomic E-state index is -3.62. The topological polar surface area (TPSA) is 66.5 Å². The molecule has 0 bridgehead atoms. The average Bonchev–Trinajstić information content (AvgIpc) is 2.75. The Morgan fingerprint density at radius 1 is 1.17 bits per heavy atom. The zero-order valence-electron chi connectivity index (χ0n) is 13.6. The second-order valence-electron chi connectivity index (χ2n) is 6.12. The molecule has 0 radical (unpaired) electrons. The summed E-state index contributed by atoms with van der Waals surface area (Å²) in [6.07, 6.45) is 7.50. The smallest absolute Gasteiger partial charge is 0.240 e. The van der Waals surface area contributed by atoms with E-state index in [1.807, 2.05) is 0 Å². The van der Waals surface area contributed by atoms with E-state index in [9.17, 15) is 13.2 Å². The summed E-state index contributed by atoms with van der Waals surface area (Å²) in [5.41, 5.74) is 0.322. The summed E-state index contributed by atoms with van der Waals surface area (Å²) in [4.78, 5) is 12.3. The van der Waals surface area contributed by atoms with Gasteiger partial charge in [-0.05, 0) is 31.0 Å². The largest absolute Gasteiger partial charge is 0.352 e. The van der Waals surface area contributed by atoms with E-state index >= 15 is 0 Å². The first-order valence-electron chi connectivity index (χ1n) is 7.99. The maximum absolute atomic E-state index is 12.3. The van der Waals surface area contributed by atoms with Crippen LogP contribution in [0.15, 0.2) is 18.2 Å². The molecule has 1 amide bonds. The van der Waals surface area contributed by atoms with Gasteiger partial charge >= 0.3 is 0 Å². The van der Waals surface area contributed by atoms with Crippen LogP contribution in [0.4, 0.5) is 5.69 Å². The Kier molecular flexibility index (Phi) is 6.78. The third kappa shape index (κ3) is 5.53. The van der Waals surface area contributed by atoms with Crippen LogP contribution in [-0.2, 0) is 14.8 Å². The Morgan fingerprint density at radius 2 is 1.79 bits per heavy atom. The van der Waals surface area contributed by atoms with Crippen molar-refractivity contribution in [2.45, 2.75) is 44.6 Å². The molecule has 0 spiro atoms. The molecule has 1 aromatic rings. The fourth-order valence-electron chi connectivity index (χ4n) is 2.87. The van der Waals surface area contributed by atoms with Gasteiger partial charge in [0.15, 0.2) is 0 Å². The predicted molar refractivity (Wildman–Crippen MR) is 98.3 cm³/mol. The quantitative estimate of drug-likeness (QED) is 0.778. The molecule has 1 aliphatic rings. The minimum absolute atomic E-state index is 0.121. The Balaban J connectivity index is 2.11. The molecule has 2 rings (SSSR count). The monoisotopic (exact) mass is 392 g/mol. The van der Waals surface area contributed by atoms with Crippen molar-refractivity contribution in [3.63, 3.8) is 0 Å². The number of nitrogens with one attached hydrogen (secondary N) is 1. The van der Waals surface area contributed by atoms with Crippen LogP contribution in [0.2, 0.25) is 10.0 Å². The Bertz CT molecular complexity index is 687. The lowest BCUT2D eigenvalue weighted by molar-refractivity contribution is -0.120. The van der Waals surface area contributed by atoms with E-state index in [1.54, 1.807) is 0 Å². The first kappa shape index (κ1) is 19.3. The van der Waals surface area contributed by atoms with Gasteiger partial charge < -0.3 is 5.32 Å². The lowest BCUT2D eigenvalue weighted by atomic mass is 10.1. The van der Waals surface area contributed by atoms with E-state index in [0.717, 1.165) is 36.2 Å². The van der Waals surface area contributed by atoms with E-state index < -0.39 is 10.0 Å². The maximum Gasteiger partial charge on any atom is 0.240 e. The van der Waals surface area contributed by atoms with Gasteiger partial charge in [-0.25, -0.2) is 8.42 Å². The number of amides is 1. The second-order valence-corrected chi connectivity index (χ2v) is 8.85. The van der Waals surface area contributed by atoms with Gasteiger partial charge in [0.05, 0.1) is 22.0 Å². The van der Waals surface area contributed by atoms with Crippen LogP contribution in [0.25, 0.3) is 0 Å². The lowest BCUT2D eigenvalue weighted by Gasteiger charge is -2.24. The zero-order valence-corrected chi connectivity index (χ0v) is 15.9. The van der Waals surface area contributed by atoms with Crippen molar-refractivity contribution in [1.82, 2.24) is 5.32 Å². The summed E-state index contributed by atoms with van der Waals surface area (Å²) >= 11 is 11.8. The lowest BCUT2D eigenvalue weighted by Crippen LogP contribution is -2.44. The molecule has 0 aromatic heterocycles. The molecule has 1 N–H and O–H groups in total. The molecule has 1 saturated carbocycles. The zero-order chi connectivity index (χ0) is 17.7. The fourth-order valence-corrected chi connectivity index (χ4v) is 4.01. The van der Waals surface area contributed by atoms with E-state index in [2.05, 4.69) is 5.32 Å². The van der Waals surface area contributed by atoms with Gasteiger partial charge in [-0.2, -0.15) is 0 Å². The summed E-state index contributed by atoms with van der Waals surface area (Å²) in [6, 6.07) is 4.62. The first-order valence-corrected chi connectivity index (χ1v) is 10.6. The molecule has 24 heavy (non-hydrogen) atoms. The van der Waals surface area contributed by atoms with Crippen LogP contribution < -0.4 is 9.62 Å². The van der Waals surface area contributed by atoms with Gasteiger partial charge in [-0.3, -0.25) is 9.10 Å². The van der Waals surface area contributed by atoms with Gasteiger partial charge in [-0.15, -0.1) is 0 Å². The van der Waals surface area contributed by atoms with Crippen molar-refractivity contribution in [3.8, 4) is 0 Å². The summed E-state index contributed by atoms with van der Waals surface area (Å²) < 4.78 is 25.2. The highest BCUT2D eigenvalue weighted by Crippen LogP contribution is 2.28. The van der Waals surface area contributed by atoms with Gasteiger partial charge in [0, 0.05) is 6.04 Å². The predicted octanol–water partition coefficient (Wildman–Crippen LogP) is 3.60. The number of benzene rings is 1. The normalized spacial score (nSPS) is 16.5. The molecule has 1 aliphatic carbocycles. The van der Waals surface area contributed by atoms with Crippen LogP contribution >= 0.6 is 23.2 Å². The molecule has 0 aliphatic heterocycles. The molecule has 0 heterocycles. The van der Waals surface area contributed by atoms with Gasteiger partial charge in [0.2, 0.25) is 15.9 Å². The van der Waals surface area contributed by atoms with Gasteiger partial charge in [-0.1, -0.05) is 48.9 Å². The van der Waals surface area contributed by atoms with Crippen molar-refractivity contribution in [3.05, 3.63) is 28.2 Å². The Labute approximate surface area is 153 Å². The minimum Gasteiger partial charge on any atom is -0.352 e. The number of hydrogen-bond acceptors (Lipinski definition) is 3. The summed E-state index contributed by atoms with van der Waals surface area (Å²) in [5, 5.41) is 3.53. The number of rotatable bonds is 5. The van der Waals surface area contributed by atoms with Crippen molar-refractivity contribution in [2.24, 2.45) is 0 Å². The standard InChI is InChI=1S/C16H22Cl2N2O3S/c1-24(22,23)20(13-8-9-14(17)15(18)10-13)11-16(21)19-12-6-4-2-3-5-7-12/h8-10,12H,2-7,11H2,1H3,(H,19,21). The van der Waals surface area contributed by atoms with Crippen LogP contribution in [0.5, 0.6) is 0 Å². The number of carbonyl (C=O) groups is 1. The van der Waals surface area contributed by atoms with Crippen molar-refractivity contribution in [2.75, 3.05) is 17.1 Å². The van der Waals surface area contributed by atoms with E-state index in [-0.39, 0.29) is 23.5 Å². The van der Waals surface area contributed by atoms with Crippen LogP contribution in [-0.4, -0.2) is 33.2 Å². The molecule has 134 valence electrons. The summed E-state index contributed by atoms with van der Waals surface area (Å²) in [7, 11) is -3.62. The van der Waals surface area contributed by atoms with Crippen LogP contribution in [0, 0.1) is 0 Å². The molecule has 0 unspecified atom stereocenters. The number of halogens is 2. The molecule has 8 heteroatoms. The van der Waals surface area contributed by atoms with Crippen LogP contribution in [0.3, 0.4) is 0 Å². The first-order chi connectivity index (χ1) is 11.3. The number of sulfonamides is 1. The Hall–Kier alpha value is -0.980. The third-order valence-corrected chi connectivity index (χ3v) is 5.98. The SMILES string of the molecule is CS(=O)(=O)N(CC(=O)NC1CCCCCC1)c1ccc(Cl)c(Cl)c1. The van der Waals surface area contributed by atoms with E-state index in [4.69, 9.17) is 23.2 Å². The number of nitrogens with zero attached hydrogens (tertiary/aromatic N) is 1. The Morgan fingerprint density at radius 3 is 2.33 bits per heavy atom. The molecular formula is C16H22Cl2N2O3S. The second kappa shape index (κ2) is 8.41. The summed E-state index contributed by atoms with van der Waals surface area (Å²) in [5.74, 6) is -0.307.